The van der Waals surface area contributed by atoms with E-state index in [4.69, 9.17) is 11.6 Å². The zero-order valence-electron chi connectivity index (χ0n) is 18.3. The molecule has 1 saturated heterocycles. The number of anilines is 2. The summed E-state index contributed by atoms with van der Waals surface area (Å²) >= 11 is 5.88. The second-order valence-electron chi connectivity index (χ2n) is 8.21. The van der Waals surface area contributed by atoms with E-state index in [1.54, 1.807) is 29.2 Å². The van der Waals surface area contributed by atoms with Crippen molar-refractivity contribution in [1.82, 2.24) is 4.90 Å². The zero-order chi connectivity index (χ0) is 22.7. The summed E-state index contributed by atoms with van der Waals surface area (Å²) in [5.41, 5.74) is 5.59. The number of carbonyl (C=O) groups is 2. The minimum atomic E-state index is -0.205. The largest absolute Gasteiger partial charge is 0.324 e. The van der Waals surface area contributed by atoms with Gasteiger partial charge in [-0.1, -0.05) is 40.9 Å². The third-order valence-electron chi connectivity index (χ3n) is 5.51. The topological polar surface area (TPSA) is 52.6 Å². The van der Waals surface area contributed by atoms with Gasteiger partial charge in [-0.3, -0.25) is 9.69 Å². The quantitative estimate of drug-likeness (QED) is 0.518. The van der Waals surface area contributed by atoms with Crippen molar-refractivity contribution in [2.45, 2.75) is 26.8 Å². The number of halogens is 1. The zero-order valence-corrected chi connectivity index (χ0v) is 19.0. The summed E-state index contributed by atoms with van der Waals surface area (Å²) in [4.78, 5) is 29.2. The number of benzene rings is 3. The Bertz CT molecular complexity index is 1110. The summed E-state index contributed by atoms with van der Waals surface area (Å²) in [7, 11) is 0. The SMILES string of the molecule is Cc1cc(C)cc(CN2CCCN(c3ccc(NC(=O)c4ccc(Cl)cc4)cc3)C2=O)c1. The van der Waals surface area contributed by atoms with E-state index in [-0.39, 0.29) is 11.9 Å². The fourth-order valence-electron chi connectivity index (χ4n) is 4.08. The van der Waals surface area contributed by atoms with Gasteiger partial charge >= 0.3 is 6.03 Å². The second kappa shape index (κ2) is 9.45. The first-order chi connectivity index (χ1) is 15.4. The highest BCUT2D eigenvalue weighted by Crippen LogP contribution is 2.24. The molecule has 1 heterocycles. The molecule has 0 saturated carbocycles. The van der Waals surface area contributed by atoms with Gasteiger partial charge in [0.1, 0.15) is 0 Å². The molecule has 32 heavy (non-hydrogen) atoms. The lowest BCUT2D eigenvalue weighted by Gasteiger charge is -2.36. The molecular weight excluding hydrogens is 422 g/mol. The molecule has 1 fully saturated rings. The standard InChI is InChI=1S/C26H26ClN3O2/c1-18-14-19(2)16-20(15-18)17-29-12-3-13-30(26(29)32)24-10-8-23(9-11-24)28-25(31)21-4-6-22(27)7-5-21/h4-11,14-16H,3,12-13,17H2,1-2H3,(H,28,31). The predicted molar refractivity (Wildman–Crippen MR) is 130 cm³/mol. The highest BCUT2D eigenvalue weighted by molar-refractivity contribution is 6.30. The van der Waals surface area contributed by atoms with Crippen LogP contribution in [0, 0.1) is 13.8 Å². The average molecular weight is 448 g/mol. The molecule has 0 bridgehead atoms. The van der Waals surface area contributed by atoms with Gasteiger partial charge in [-0.25, -0.2) is 4.79 Å². The number of amides is 3. The van der Waals surface area contributed by atoms with Gasteiger partial charge in [-0.2, -0.15) is 0 Å². The molecule has 4 rings (SSSR count). The van der Waals surface area contributed by atoms with Crippen LogP contribution in [0.2, 0.25) is 5.02 Å². The fourth-order valence-corrected chi connectivity index (χ4v) is 4.20. The van der Waals surface area contributed by atoms with Gasteiger partial charge in [0.2, 0.25) is 0 Å². The third-order valence-corrected chi connectivity index (χ3v) is 5.76. The second-order valence-corrected chi connectivity index (χ2v) is 8.65. The Morgan fingerprint density at radius 2 is 1.59 bits per heavy atom. The summed E-state index contributed by atoms with van der Waals surface area (Å²) in [6.07, 6.45) is 0.908. The molecule has 0 atom stereocenters. The minimum absolute atomic E-state index is 0.00774. The lowest BCUT2D eigenvalue weighted by Crippen LogP contribution is -2.49. The van der Waals surface area contributed by atoms with Crippen LogP contribution in [-0.2, 0) is 6.54 Å². The summed E-state index contributed by atoms with van der Waals surface area (Å²) in [5.74, 6) is -0.205. The summed E-state index contributed by atoms with van der Waals surface area (Å²) in [6.45, 7) is 6.19. The van der Waals surface area contributed by atoms with E-state index < -0.39 is 0 Å². The van der Waals surface area contributed by atoms with E-state index in [2.05, 4.69) is 37.4 Å². The first kappa shape index (κ1) is 21.9. The Labute approximate surface area is 193 Å². The highest BCUT2D eigenvalue weighted by Gasteiger charge is 2.26. The number of hydrogen-bond acceptors (Lipinski definition) is 2. The van der Waals surface area contributed by atoms with Gasteiger partial charge in [0.15, 0.2) is 0 Å². The van der Waals surface area contributed by atoms with E-state index in [0.717, 1.165) is 24.2 Å². The minimum Gasteiger partial charge on any atom is -0.322 e. The molecule has 0 unspecified atom stereocenters. The lowest BCUT2D eigenvalue weighted by atomic mass is 10.1. The number of nitrogens with zero attached hydrogens (tertiary/aromatic N) is 2. The van der Waals surface area contributed by atoms with Gasteiger partial charge < -0.3 is 10.2 Å². The number of hydrogen-bond donors (Lipinski definition) is 1. The van der Waals surface area contributed by atoms with Crippen LogP contribution < -0.4 is 10.2 Å². The van der Waals surface area contributed by atoms with E-state index >= 15 is 0 Å². The average Bonchev–Trinajstić information content (AvgIpc) is 2.76. The molecule has 3 aromatic carbocycles. The molecule has 1 aliphatic rings. The first-order valence-electron chi connectivity index (χ1n) is 10.7. The van der Waals surface area contributed by atoms with Crippen molar-refractivity contribution in [3.63, 3.8) is 0 Å². The first-order valence-corrected chi connectivity index (χ1v) is 11.1. The van der Waals surface area contributed by atoms with Crippen molar-refractivity contribution in [3.8, 4) is 0 Å². The number of urea groups is 1. The Morgan fingerprint density at radius 3 is 2.25 bits per heavy atom. The molecule has 0 radical (unpaired) electrons. The fraction of sp³-hybridized carbons (Fsp3) is 0.231. The van der Waals surface area contributed by atoms with Crippen LogP contribution >= 0.6 is 11.6 Å². The Balaban J connectivity index is 1.43. The van der Waals surface area contributed by atoms with Crippen molar-refractivity contribution in [2.75, 3.05) is 23.3 Å². The molecule has 1 N–H and O–H groups in total. The molecule has 1 aliphatic heterocycles. The maximum absolute atomic E-state index is 13.1. The van der Waals surface area contributed by atoms with Crippen LogP contribution in [0.5, 0.6) is 0 Å². The van der Waals surface area contributed by atoms with Crippen LogP contribution in [-0.4, -0.2) is 29.9 Å². The van der Waals surface area contributed by atoms with Crippen LogP contribution in [0.4, 0.5) is 16.2 Å². The van der Waals surface area contributed by atoms with Gasteiger partial charge in [-0.15, -0.1) is 0 Å². The maximum atomic E-state index is 13.1. The third kappa shape index (κ3) is 5.11. The Morgan fingerprint density at radius 1 is 0.938 bits per heavy atom. The van der Waals surface area contributed by atoms with Crippen LogP contribution in [0.15, 0.2) is 66.7 Å². The highest BCUT2D eigenvalue weighted by atomic mass is 35.5. The molecule has 164 valence electrons. The maximum Gasteiger partial charge on any atom is 0.324 e. The van der Waals surface area contributed by atoms with Crippen LogP contribution in [0.25, 0.3) is 0 Å². The molecule has 0 aliphatic carbocycles. The number of aryl methyl sites for hydroxylation is 2. The molecule has 5 nitrogen and oxygen atoms in total. The smallest absolute Gasteiger partial charge is 0.322 e. The summed E-state index contributed by atoms with van der Waals surface area (Å²) in [6, 6.07) is 20.5. The van der Waals surface area contributed by atoms with Crippen LogP contribution in [0.3, 0.4) is 0 Å². The van der Waals surface area contributed by atoms with E-state index in [1.165, 1.54) is 11.1 Å². The number of carbonyl (C=O) groups excluding carboxylic acids is 2. The van der Waals surface area contributed by atoms with Crippen molar-refractivity contribution in [3.05, 3.63) is 94.0 Å². The van der Waals surface area contributed by atoms with E-state index in [0.29, 0.717) is 29.4 Å². The van der Waals surface area contributed by atoms with Gasteiger partial charge in [0.25, 0.3) is 5.91 Å². The molecule has 3 aromatic rings. The Hall–Kier alpha value is -3.31. The van der Waals surface area contributed by atoms with Gasteiger partial charge in [0, 0.05) is 41.6 Å². The van der Waals surface area contributed by atoms with Crippen LogP contribution in [0.1, 0.15) is 33.5 Å². The monoisotopic (exact) mass is 447 g/mol. The molecule has 0 aromatic heterocycles. The van der Waals surface area contributed by atoms with Gasteiger partial charge in [-0.05, 0) is 74.4 Å². The van der Waals surface area contributed by atoms with Crippen molar-refractivity contribution >= 4 is 34.9 Å². The predicted octanol–water partition coefficient (Wildman–Crippen LogP) is 6.04. The molecule has 0 spiro atoms. The number of nitrogens with one attached hydrogen (secondary N) is 1. The molecule has 3 amide bonds. The van der Waals surface area contributed by atoms with Gasteiger partial charge in [0.05, 0.1) is 0 Å². The Kier molecular flexibility index (Phi) is 6.47. The van der Waals surface area contributed by atoms with Crippen molar-refractivity contribution in [2.24, 2.45) is 0 Å². The molecular formula is C26H26ClN3O2. The van der Waals surface area contributed by atoms with Crippen molar-refractivity contribution < 1.29 is 9.59 Å². The lowest BCUT2D eigenvalue weighted by molar-refractivity contribution is 0.102. The summed E-state index contributed by atoms with van der Waals surface area (Å²) < 4.78 is 0. The van der Waals surface area contributed by atoms with Crippen molar-refractivity contribution in [1.29, 1.82) is 0 Å². The summed E-state index contributed by atoms with van der Waals surface area (Å²) in [5, 5.41) is 3.46. The van der Waals surface area contributed by atoms with E-state index in [9.17, 15) is 9.59 Å². The van der Waals surface area contributed by atoms with E-state index in [1.807, 2.05) is 29.2 Å². The molecule has 6 heteroatoms. The number of rotatable bonds is 5. The normalized spacial score (nSPS) is 13.9.